The van der Waals surface area contributed by atoms with Crippen molar-refractivity contribution in [2.75, 3.05) is 12.4 Å². The molecule has 1 unspecified atom stereocenters. The van der Waals surface area contributed by atoms with Gasteiger partial charge in [0.25, 0.3) is 0 Å². The van der Waals surface area contributed by atoms with Crippen LogP contribution in [0.2, 0.25) is 0 Å². The molecule has 0 aliphatic rings. The Hall–Kier alpha value is -2.45. The number of carbonyl (C=O) groups excluding carboxylic acids is 1. The average Bonchev–Trinajstić information content (AvgIpc) is 2.46. The second kappa shape index (κ2) is 9.54. The maximum atomic E-state index is 12.3. The largest absolute Gasteiger partial charge is 0.481 e. The lowest BCUT2D eigenvalue weighted by molar-refractivity contribution is -0.138. The lowest BCUT2D eigenvalue weighted by Gasteiger charge is -2.16. The number of benzene rings is 1. The zero-order valence-corrected chi connectivity index (χ0v) is 12.7. The second-order valence-corrected chi connectivity index (χ2v) is 4.45. The smallest absolute Gasteiger partial charge is 0.416 e. The number of nitrogens with one attached hydrogen (secondary N) is 1. The van der Waals surface area contributed by atoms with Crippen LogP contribution in [-0.2, 0) is 15.7 Å². The van der Waals surface area contributed by atoms with Crippen LogP contribution in [0.1, 0.15) is 25.3 Å². The Morgan fingerprint density at radius 1 is 1.30 bits per heavy atom. The van der Waals surface area contributed by atoms with Crippen LogP contribution in [0, 0.1) is 0 Å². The molecular formula is C14H19F3N2O4. The number of carbonyl (C=O) groups is 2. The number of amides is 1. The molecule has 0 bridgehead atoms. The fraction of sp³-hybridized carbons (Fsp3) is 0.429. The number of hydrogen-bond donors (Lipinski definition) is 3. The van der Waals surface area contributed by atoms with E-state index in [9.17, 15) is 22.8 Å². The summed E-state index contributed by atoms with van der Waals surface area (Å²) in [7, 11) is 1.22. The highest BCUT2D eigenvalue weighted by atomic mass is 19.4. The Morgan fingerprint density at radius 3 is 2.09 bits per heavy atom. The molecule has 1 aromatic carbocycles. The minimum absolute atomic E-state index is 0.0719. The van der Waals surface area contributed by atoms with Gasteiger partial charge in [-0.3, -0.25) is 4.79 Å². The van der Waals surface area contributed by atoms with E-state index in [0.717, 1.165) is 12.1 Å². The summed E-state index contributed by atoms with van der Waals surface area (Å²) in [6.07, 6.45) is -4.60. The first-order chi connectivity index (χ1) is 10.6. The quantitative estimate of drug-likeness (QED) is 0.767. The topological polar surface area (TPSA) is 102 Å². The first-order valence-corrected chi connectivity index (χ1v) is 6.59. The van der Waals surface area contributed by atoms with E-state index in [1.54, 1.807) is 0 Å². The van der Waals surface area contributed by atoms with E-state index in [-0.39, 0.29) is 12.5 Å². The van der Waals surface area contributed by atoms with Gasteiger partial charge in [-0.1, -0.05) is 6.92 Å². The van der Waals surface area contributed by atoms with Crippen molar-refractivity contribution in [3.8, 4) is 0 Å². The molecule has 0 heterocycles. The molecule has 6 nitrogen and oxygen atoms in total. The van der Waals surface area contributed by atoms with Gasteiger partial charge in [0.1, 0.15) is 0 Å². The van der Waals surface area contributed by atoms with Gasteiger partial charge < -0.3 is 20.9 Å². The predicted octanol–water partition coefficient (Wildman–Crippen LogP) is 3.08. The van der Waals surface area contributed by atoms with Crippen molar-refractivity contribution in [1.82, 2.24) is 0 Å². The number of nitrogens with two attached hydrogens (primary N) is 1. The van der Waals surface area contributed by atoms with E-state index in [0.29, 0.717) is 12.1 Å². The van der Waals surface area contributed by atoms with Gasteiger partial charge >= 0.3 is 18.2 Å². The van der Waals surface area contributed by atoms with Gasteiger partial charge in [-0.2, -0.15) is 13.2 Å². The number of carboxylic acids is 1. The SMILES string of the molecule is CCC(CC(=O)O)Nc1ccc(C(F)(F)F)cc1.COC(N)=O. The molecule has 0 fully saturated rings. The van der Waals surface area contributed by atoms with Crippen LogP contribution >= 0.6 is 0 Å². The number of hydrogen-bond acceptors (Lipinski definition) is 4. The predicted molar refractivity (Wildman–Crippen MR) is 78.0 cm³/mol. The number of aliphatic carboxylic acids is 1. The minimum atomic E-state index is -4.36. The lowest BCUT2D eigenvalue weighted by Crippen LogP contribution is -2.22. The normalized spacial score (nSPS) is 11.7. The van der Waals surface area contributed by atoms with Gasteiger partial charge in [-0.05, 0) is 30.7 Å². The summed E-state index contributed by atoms with van der Waals surface area (Å²) < 4.78 is 40.9. The number of anilines is 1. The molecule has 0 aliphatic carbocycles. The van der Waals surface area contributed by atoms with Gasteiger partial charge in [0.05, 0.1) is 19.1 Å². The van der Waals surface area contributed by atoms with Gasteiger partial charge in [-0.25, -0.2) is 4.79 Å². The van der Waals surface area contributed by atoms with Crippen molar-refractivity contribution in [1.29, 1.82) is 0 Å². The Balaban J connectivity index is 0.000000841. The Kier molecular flexibility index (Phi) is 8.53. The van der Waals surface area contributed by atoms with Crippen LogP contribution in [0.3, 0.4) is 0 Å². The number of carboxylic acid groups (broad SMARTS) is 1. The second-order valence-electron chi connectivity index (χ2n) is 4.45. The molecule has 0 radical (unpaired) electrons. The van der Waals surface area contributed by atoms with Crippen molar-refractivity contribution in [3.63, 3.8) is 0 Å². The van der Waals surface area contributed by atoms with Crippen LogP contribution in [0.5, 0.6) is 0 Å². The number of primary amides is 1. The molecule has 1 rings (SSSR count). The van der Waals surface area contributed by atoms with E-state index in [1.165, 1.54) is 19.2 Å². The zero-order chi connectivity index (χ0) is 18.0. The Bertz CT molecular complexity index is 504. The third-order valence-electron chi connectivity index (χ3n) is 2.70. The Labute approximate surface area is 131 Å². The zero-order valence-electron chi connectivity index (χ0n) is 12.7. The van der Waals surface area contributed by atoms with Crippen molar-refractivity contribution in [2.24, 2.45) is 5.73 Å². The molecule has 0 aliphatic heterocycles. The van der Waals surface area contributed by atoms with Gasteiger partial charge in [-0.15, -0.1) is 0 Å². The molecule has 1 aromatic rings. The van der Waals surface area contributed by atoms with Crippen molar-refractivity contribution in [2.45, 2.75) is 32.0 Å². The first-order valence-electron chi connectivity index (χ1n) is 6.59. The number of ether oxygens (including phenoxy) is 1. The molecule has 4 N–H and O–H groups in total. The highest BCUT2D eigenvalue weighted by Crippen LogP contribution is 2.30. The molecule has 0 saturated carbocycles. The lowest BCUT2D eigenvalue weighted by atomic mass is 10.1. The highest BCUT2D eigenvalue weighted by molar-refractivity contribution is 5.68. The van der Waals surface area contributed by atoms with Gasteiger partial charge in [0.15, 0.2) is 0 Å². The number of methoxy groups -OCH3 is 1. The summed E-state index contributed by atoms with van der Waals surface area (Å²) in [6.45, 7) is 1.81. The van der Waals surface area contributed by atoms with Crippen molar-refractivity contribution < 1.29 is 32.6 Å². The Morgan fingerprint density at radius 2 is 1.78 bits per heavy atom. The van der Waals surface area contributed by atoms with Crippen LogP contribution in [-0.4, -0.2) is 30.3 Å². The van der Waals surface area contributed by atoms with Gasteiger partial charge in [0, 0.05) is 11.7 Å². The highest BCUT2D eigenvalue weighted by Gasteiger charge is 2.29. The first kappa shape index (κ1) is 20.6. The fourth-order valence-electron chi connectivity index (χ4n) is 1.50. The molecular weight excluding hydrogens is 317 g/mol. The van der Waals surface area contributed by atoms with Crippen LogP contribution in [0.4, 0.5) is 23.7 Å². The molecule has 9 heteroatoms. The third kappa shape index (κ3) is 9.22. The minimum Gasteiger partial charge on any atom is -0.481 e. The number of rotatable bonds is 5. The van der Waals surface area contributed by atoms with E-state index in [2.05, 4.69) is 15.8 Å². The third-order valence-corrected chi connectivity index (χ3v) is 2.70. The van der Waals surface area contributed by atoms with Crippen LogP contribution in [0.25, 0.3) is 0 Å². The summed E-state index contributed by atoms with van der Waals surface area (Å²) in [4.78, 5) is 19.9. The monoisotopic (exact) mass is 336 g/mol. The van der Waals surface area contributed by atoms with E-state index >= 15 is 0 Å². The summed E-state index contributed by atoms with van der Waals surface area (Å²) in [5.74, 6) is -0.943. The van der Waals surface area contributed by atoms with Crippen molar-refractivity contribution >= 4 is 17.7 Å². The van der Waals surface area contributed by atoms with Gasteiger partial charge in [0.2, 0.25) is 0 Å². The maximum absolute atomic E-state index is 12.3. The standard InChI is InChI=1S/C12H14F3NO2.C2H5NO2/c1-2-9(7-11(17)18)16-10-5-3-8(4-6-10)12(13,14)15;1-5-2(3)4/h3-6,9,16H,2,7H2,1H3,(H,17,18);1H3,(H2,3,4). The maximum Gasteiger partial charge on any atom is 0.416 e. The van der Waals surface area contributed by atoms with E-state index in [1.807, 2.05) is 6.92 Å². The molecule has 0 aromatic heterocycles. The van der Waals surface area contributed by atoms with E-state index < -0.39 is 23.8 Å². The molecule has 0 spiro atoms. The molecule has 1 atom stereocenters. The van der Waals surface area contributed by atoms with Crippen LogP contribution < -0.4 is 11.1 Å². The molecule has 23 heavy (non-hydrogen) atoms. The molecule has 130 valence electrons. The summed E-state index contributed by atoms with van der Waals surface area (Å²) in [5.41, 5.74) is 4.19. The van der Waals surface area contributed by atoms with Crippen LogP contribution in [0.15, 0.2) is 24.3 Å². The average molecular weight is 336 g/mol. The van der Waals surface area contributed by atoms with Crippen molar-refractivity contribution in [3.05, 3.63) is 29.8 Å². The molecule has 0 saturated heterocycles. The number of halogens is 3. The summed E-state index contributed by atoms with van der Waals surface area (Å²) in [6, 6.07) is 4.24. The fourth-order valence-corrected chi connectivity index (χ4v) is 1.50. The summed E-state index contributed by atoms with van der Waals surface area (Å²) in [5, 5.41) is 11.5. The van der Waals surface area contributed by atoms with E-state index in [4.69, 9.17) is 5.11 Å². The molecule has 1 amide bonds. The summed E-state index contributed by atoms with van der Waals surface area (Å²) >= 11 is 0. The number of alkyl halides is 3.